The van der Waals surface area contributed by atoms with Crippen molar-refractivity contribution >= 4 is 38.6 Å². The summed E-state index contributed by atoms with van der Waals surface area (Å²) < 4.78 is 38.5. The van der Waals surface area contributed by atoms with Gasteiger partial charge >= 0.3 is 0 Å². The number of hydrogen-bond donors (Lipinski definition) is 0. The lowest BCUT2D eigenvalue weighted by atomic mass is 9.74. The SMILES string of the molecule is [2H]c1c([2H])c(N(c2ccc(-c3cccc4ccccc34)cc2)c2cccc(-c3cccc4c3-c3ccccc3C4(C)c3ccccc3)c2)c([2H])c([2H])c1-c1cccc2ccccc12. The molecule has 0 spiro atoms. The van der Waals surface area contributed by atoms with Crippen molar-refractivity contribution in [3.8, 4) is 44.5 Å². The van der Waals surface area contributed by atoms with Gasteiger partial charge in [-0.25, -0.2) is 0 Å². The van der Waals surface area contributed by atoms with Gasteiger partial charge in [-0.15, -0.1) is 0 Å². The first kappa shape index (κ1) is 30.6. The summed E-state index contributed by atoms with van der Waals surface area (Å²) >= 11 is 0. The van der Waals surface area contributed by atoms with Crippen molar-refractivity contribution in [1.29, 1.82) is 0 Å². The molecule has 10 aromatic carbocycles. The molecular weight excluding hydrogens is 711 g/mol. The Bertz CT molecular complexity index is 3370. The minimum atomic E-state index is -0.361. The molecule has 11 rings (SSSR count). The molecule has 0 N–H and O–H groups in total. The number of nitrogens with zero attached hydrogens (tertiary/aromatic N) is 1. The molecule has 0 saturated heterocycles. The fourth-order valence-electron chi connectivity index (χ4n) is 9.35. The summed E-state index contributed by atoms with van der Waals surface area (Å²) in [6.07, 6.45) is 0. The average Bonchev–Trinajstić information content (AvgIpc) is 3.61. The third-order valence-corrected chi connectivity index (χ3v) is 12.2. The van der Waals surface area contributed by atoms with Crippen molar-refractivity contribution in [1.82, 2.24) is 0 Å². The Morgan fingerprint density at radius 1 is 0.373 bits per heavy atom. The molecule has 0 bridgehead atoms. The molecule has 1 atom stereocenters. The van der Waals surface area contributed by atoms with Gasteiger partial charge in [-0.1, -0.05) is 194 Å². The molecule has 1 unspecified atom stereocenters. The van der Waals surface area contributed by atoms with Gasteiger partial charge in [0.25, 0.3) is 0 Å². The summed E-state index contributed by atoms with van der Waals surface area (Å²) in [5, 5.41) is 4.16. The molecule has 0 radical (unpaired) electrons. The Hall–Kier alpha value is -7.48. The van der Waals surface area contributed by atoms with E-state index < -0.39 is 0 Å². The first-order valence-corrected chi connectivity index (χ1v) is 20.2. The molecule has 0 aliphatic heterocycles. The van der Waals surface area contributed by atoms with E-state index in [1.54, 1.807) is 0 Å². The van der Waals surface area contributed by atoms with Crippen LogP contribution in [0.3, 0.4) is 0 Å². The molecule has 0 saturated carbocycles. The molecule has 1 heteroatoms. The van der Waals surface area contributed by atoms with Crippen LogP contribution in [0.2, 0.25) is 0 Å². The highest BCUT2D eigenvalue weighted by molar-refractivity contribution is 5.99. The highest BCUT2D eigenvalue weighted by Gasteiger charge is 2.41. The topological polar surface area (TPSA) is 3.24 Å². The maximum absolute atomic E-state index is 9.72. The molecule has 0 aromatic heterocycles. The van der Waals surface area contributed by atoms with E-state index >= 15 is 0 Å². The Kier molecular flexibility index (Phi) is 7.35. The molecular formula is C58H41N. The number of hydrogen-bond acceptors (Lipinski definition) is 1. The van der Waals surface area contributed by atoms with Crippen LogP contribution in [0.4, 0.5) is 17.1 Å². The number of rotatable bonds is 7. The number of anilines is 3. The van der Waals surface area contributed by atoms with Gasteiger partial charge in [-0.2, -0.15) is 0 Å². The van der Waals surface area contributed by atoms with Crippen molar-refractivity contribution in [2.24, 2.45) is 0 Å². The Labute approximate surface area is 351 Å². The van der Waals surface area contributed by atoms with E-state index in [0.717, 1.165) is 55.2 Å². The first-order valence-electron chi connectivity index (χ1n) is 22.2. The van der Waals surface area contributed by atoms with Gasteiger partial charge in [0.15, 0.2) is 0 Å². The van der Waals surface area contributed by atoms with E-state index in [2.05, 4.69) is 146 Å². The fourth-order valence-corrected chi connectivity index (χ4v) is 9.35. The molecule has 278 valence electrons. The van der Waals surface area contributed by atoms with Gasteiger partial charge in [0.2, 0.25) is 0 Å². The zero-order chi connectivity index (χ0) is 42.8. The van der Waals surface area contributed by atoms with E-state index in [1.807, 2.05) is 71.6 Å². The summed E-state index contributed by atoms with van der Waals surface area (Å²) in [5.74, 6) is 0. The second-order valence-corrected chi connectivity index (χ2v) is 15.5. The molecule has 1 nitrogen and oxygen atoms in total. The normalized spacial score (nSPS) is 15.2. The smallest absolute Gasteiger partial charge is 0.0645 e. The molecule has 0 fully saturated rings. The summed E-state index contributed by atoms with van der Waals surface area (Å²) in [6.45, 7) is 2.32. The van der Waals surface area contributed by atoms with Crippen LogP contribution in [0.15, 0.2) is 230 Å². The monoisotopic (exact) mass is 755 g/mol. The van der Waals surface area contributed by atoms with Crippen LogP contribution in [-0.4, -0.2) is 0 Å². The van der Waals surface area contributed by atoms with Crippen LogP contribution in [0, 0.1) is 0 Å². The molecule has 59 heavy (non-hydrogen) atoms. The maximum Gasteiger partial charge on any atom is 0.0645 e. The molecule has 1 aliphatic carbocycles. The third-order valence-electron chi connectivity index (χ3n) is 12.2. The molecule has 0 heterocycles. The van der Waals surface area contributed by atoms with Crippen molar-refractivity contribution in [3.05, 3.63) is 247 Å². The lowest BCUT2D eigenvalue weighted by Gasteiger charge is -2.28. The Morgan fingerprint density at radius 3 is 1.64 bits per heavy atom. The van der Waals surface area contributed by atoms with Crippen molar-refractivity contribution < 1.29 is 5.48 Å². The van der Waals surface area contributed by atoms with Gasteiger partial charge in [0, 0.05) is 22.5 Å². The van der Waals surface area contributed by atoms with Crippen molar-refractivity contribution in [3.63, 3.8) is 0 Å². The minimum Gasteiger partial charge on any atom is -0.310 e. The predicted octanol–water partition coefficient (Wildman–Crippen LogP) is 15.8. The second-order valence-electron chi connectivity index (χ2n) is 15.5. The molecule has 1 aliphatic rings. The largest absolute Gasteiger partial charge is 0.310 e. The number of benzene rings is 10. The maximum atomic E-state index is 9.72. The summed E-state index contributed by atoms with van der Waals surface area (Å²) in [6, 6.07) is 70.5. The standard InChI is InChI=1S/C58H41N/c1-58(45-20-3-2-4-21-45)55-29-10-9-25-54(55)57-53(28-14-30-56(57)58)44-19-11-22-48(39-44)59(46-35-31-42(32-36-46)51-26-12-17-40-15-5-7-23-49(40)51)47-37-33-43(34-38-47)52-27-13-18-41-16-6-8-24-50(41)52/h2-39H,1H3/i31D,32D,35D,36D. The van der Waals surface area contributed by atoms with Crippen LogP contribution in [0.1, 0.15) is 29.1 Å². The molecule has 10 aromatic rings. The second kappa shape index (κ2) is 14.2. The minimum absolute atomic E-state index is 0.0893. The van der Waals surface area contributed by atoms with Crippen LogP contribution in [0.5, 0.6) is 0 Å². The van der Waals surface area contributed by atoms with Crippen molar-refractivity contribution in [2.75, 3.05) is 4.90 Å². The van der Waals surface area contributed by atoms with E-state index in [4.69, 9.17) is 0 Å². The van der Waals surface area contributed by atoms with E-state index in [0.29, 0.717) is 5.56 Å². The number of fused-ring (bicyclic) bond motifs is 5. The van der Waals surface area contributed by atoms with Crippen LogP contribution in [-0.2, 0) is 5.41 Å². The molecule has 0 amide bonds. The summed E-state index contributed by atoms with van der Waals surface area (Å²) in [7, 11) is 0. The van der Waals surface area contributed by atoms with Crippen LogP contribution < -0.4 is 4.90 Å². The zero-order valence-corrected chi connectivity index (χ0v) is 32.6. The zero-order valence-electron chi connectivity index (χ0n) is 36.6. The summed E-state index contributed by atoms with van der Waals surface area (Å²) in [4.78, 5) is 1.90. The van der Waals surface area contributed by atoms with Gasteiger partial charge in [-0.3, -0.25) is 0 Å². The quantitative estimate of drug-likeness (QED) is 0.157. The van der Waals surface area contributed by atoms with E-state index in [-0.39, 0.29) is 40.8 Å². The average molecular weight is 756 g/mol. The van der Waals surface area contributed by atoms with Gasteiger partial charge < -0.3 is 4.90 Å². The highest BCUT2D eigenvalue weighted by atomic mass is 15.1. The Balaban J connectivity index is 1.11. The lowest BCUT2D eigenvalue weighted by Crippen LogP contribution is -2.22. The fraction of sp³-hybridized carbons (Fsp3) is 0.0345. The third kappa shape index (κ3) is 5.77. The van der Waals surface area contributed by atoms with E-state index in [1.165, 1.54) is 27.8 Å². The van der Waals surface area contributed by atoms with Gasteiger partial charge in [0.1, 0.15) is 0 Å². The highest BCUT2D eigenvalue weighted by Crippen LogP contribution is 2.55. The predicted molar refractivity (Wildman–Crippen MR) is 250 cm³/mol. The van der Waals surface area contributed by atoms with Gasteiger partial charge in [0.05, 0.1) is 5.48 Å². The van der Waals surface area contributed by atoms with Gasteiger partial charge in [-0.05, 0) is 126 Å². The lowest BCUT2D eigenvalue weighted by molar-refractivity contribution is 0.714. The van der Waals surface area contributed by atoms with Crippen LogP contribution in [0.25, 0.3) is 66.1 Å². The van der Waals surface area contributed by atoms with Crippen LogP contribution >= 0.6 is 0 Å². The Morgan fingerprint density at radius 2 is 0.915 bits per heavy atom. The summed E-state index contributed by atoms with van der Waals surface area (Å²) in [5.41, 5.74) is 12.5. The first-order chi connectivity index (χ1) is 30.8. The van der Waals surface area contributed by atoms with E-state index in [9.17, 15) is 5.48 Å². The van der Waals surface area contributed by atoms with Crippen molar-refractivity contribution in [2.45, 2.75) is 12.3 Å².